The lowest BCUT2D eigenvalue weighted by Crippen LogP contribution is -2.30. The highest BCUT2D eigenvalue weighted by Gasteiger charge is 2.33. The minimum Gasteiger partial charge on any atom is -0.481 e. The Bertz CT molecular complexity index is 291. The van der Waals surface area contributed by atoms with Gasteiger partial charge in [0.1, 0.15) is 0 Å². The second-order valence-corrected chi connectivity index (χ2v) is 6.53. The Morgan fingerprint density at radius 2 is 2.06 bits per heavy atom. The average molecular weight is 252 g/mol. The van der Waals surface area contributed by atoms with Crippen LogP contribution in [0.25, 0.3) is 0 Å². The molecule has 2 heteroatoms. The molecule has 1 fully saturated rings. The molecule has 1 saturated carbocycles. The first-order chi connectivity index (χ1) is 8.42. The molecule has 0 radical (unpaired) electrons. The van der Waals surface area contributed by atoms with Gasteiger partial charge in [0.25, 0.3) is 0 Å². The molecule has 0 spiro atoms. The van der Waals surface area contributed by atoms with Crippen molar-refractivity contribution in [2.24, 2.45) is 17.3 Å². The molecule has 0 unspecified atom stereocenters. The molecule has 0 aromatic carbocycles. The maximum absolute atomic E-state index is 10.4. The summed E-state index contributed by atoms with van der Waals surface area (Å²) in [5, 5.41) is 8.53. The molecular formula is C16H28O2. The third kappa shape index (κ3) is 5.24. The van der Waals surface area contributed by atoms with Crippen LogP contribution in [-0.2, 0) is 4.79 Å². The number of carboxylic acids is 1. The fraction of sp³-hybridized carbons (Fsp3) is 0.812. The van der Waals surface area contributed by atoms with E-state index in [1.807, 2.05) is 0 Å². The van der Waals surface area contributed by atoms with E-state index in [2.05, 4.69) is 32.9 Å². The van der Waals surface area contributed by atoms with Crippen LogP contribution in [0.2, 0.25) is 0 Å². The molecule has 0 aromatic heterocycles. The van der Waals surface area contributed by atoms with E-state index in [1.165, 1.54) is 25.7 Å². The standard InChI is InChI=1S/C16H28O2/c1-13-10-11-14(12-16(13,2)3)8-6-4-5-7-9-15(17)18/h4,6,13-14H,5,7-12H2,1-3H3,(H,17,18)/b6-4-/t13-,14+/m1/s1. The van der Waals surface area contributed by atoms with Gasteiger partial charge < -0.3 is 5.11 Å². The molecule has 104 valence electrons. The van der Waals surface area contributed by atoms with Gasteiger partial charge >= 0.3 is 5.97 Å². The first-order valence-corrected chi connectivity index (χ1v) is 7.28. The highest BCUT2D eigenvalue weighted by molar-refractivity contribution is 5.66. The number of hydrogen-bond acceptors (Lipinski definition) is 1. The van der Waals surface area contributed by atoms with Crippen LogP contribution in [-0.4, -0.2) is 11.1 Å². The van der Waals surface area contributed by atoms with E-state index in [0.717, 1.165) is 24.7 Å². The lowest BCUT2D eigenvalue weighted by Gasteiger charge is -2.40. The number of carboxylic acid groups (broad SMARTS) is 1. The Morgan fingerprint density at radius 3 is 2.67 bits per heavy atom. The molecule has 0 amide bonds. The second kappa shape index (κ2) is 6.96. The Hall–Kier alpha value is -0.790. The zero-order chi connectivity index (χ0) is 13.6. The van der Waals surface area contributed by atoms with Crippen molar-refractivity contribution >= 4 is 5.97 Å². The number of allylic oxidation sites excluding steroid dienone is 2. The van der Waals surface area contributed by atoms with Crippen LogP contribution in [0.1, 0.15) is 65.7 Å². The maximum atomic E-state index is 10.4. The Morgan fingerprint density at radius 1 is 1.33 bits per heavy atom. The van der Waals surface area contributed by atoms with Crippen molar-refractivity contribution in [3.8, 4) is 0 Å². The zero-order valence-electron chi connectivity index (χ0n) is 12.1. The van der Waals surface area contributed by atoms with E-state index >= 15 is 0 Å². The van der Waals surface area contributed by atoms with Crippen LogP contribution < -0.4 is 0 Å². The highest BCUT2D eigenvalue weighted by atomic mass is 16.4. The quantitative estimate of drug-likeness (QED) is 0.552. The summed E-state index contributed by atoms with van der Waals surface area (Å²) in [4.78, 5) is 10.4. The van der Waals surface area contributed by atoms with Crippen molar-refractivity contribution in [1.82, 2.24) is 0 Å². The number of aliphatic carboxylic acids is 1. The van der Waals surface area contributed by atoms with Gasteiger partial charge in [-0.3, -0.25) is 4.79 Å². The van der Waals surface area contributed by atoms with Gasteiger partial charge in [0, 0.05) is 6.42 Å². The monoisotopic (exact) mass is 252 g/mol. The fourth-order valence-electron chi connectivity index (χ4n) is 2.90. The lowest BCUT2D eigenvalue weighted by atomic mass is 9.65. The fourth-order valence-corrected chi connectivity index (χ4v) is 2.90. The Labute approximate surface area is 111 Å². The molecule has 18 heavy (non-hydrogen) atoms. The van der Waals surface area contributed by atoms with Gasteiger partial charge in [-0.2, -0.15) is 0 Å². The molecule has 1 N–H and O–H groups in total. The minimum absolute atomic E-state index is 0.290. The zero-order valence-corrected chi connectivity index (χ0v) is 12.1. The summed E-state index contributed by atoms with van der Waals surface area (Å²) in [5.74, 6) is 0.978. The SMILES string of the molecule is C[C@@H]1CC[C@H](C/C=C\CCCC(=O)O)CC1(C)C. The van der Waals surface area contributed by atoms with Gasteiger partial charge in [0.2, 0.25) is 0 Å². The summed E-state index contributed by atoms with van der Waals surface area (Å²) in [5.41, 5.74) is 0.486. The summed E-state index contributed by atoms with van der Waals surface area (Å²) < 4.78 is 0. The largest absolute Gasteiger partial charge is 0.481 e. The molecule has 2 nitrogen and oxygen atoms in total. The summed E-state index contributed by atoms with van der Waals surface area (Å²) in [6, 6.07) is 0. The van der Waals surface area contributed by atoms with Gasteiger partial charge in [-0.25, -0.2) is 0 Å². The number of unbranched alkanes of at least 4 members (excludes halogenated alkanes) is 1. The number of rotatable bonds is 6. The third-order valence-electron chi connectivity index (χ3n) is 4.55. The smallest absolute Gasteiger partial charge is 0.303 e. The van der Waals surface area contributed by atoms with Crippen molar-refractivity contribution in [3.63, 3.8) is 0 Å². The summed E-state index contributed by atoms with van der Waals surface area (Å²) >= 11 is 0. The first-order valence-electron chi connectivity index (χ1n) is 7.28. The van der Waals surface area contributed by atoms with Crippen molar-refractivity contribution in [1.29, 1.82) is 0 Å². The molecule has 0 aliphatic heterocycles. The molecule has 2 atom stereocenters. The van der Waals surface area contributed by atoms with Crippen LogP contribution in [0.3, 0.4) is 0 Å². The van der Waals surface area contributed by atoms with Crippen LogP contribution in [0.5, 0.6) is 0 Å². The van der Waals surface area contributed by atoms with Crippen molar-refractivity contribution in [2.75, 3.05) is 0 Å². The molecule has 1 aliphatic rings. The van der Waals surface area contributed by atoms with Crippen LogP contribution in [0.4, 0.5) is 0 Å². The predicted molar refractivity (Wildman–Crippen MR) is 75.5 cm³/mol. The van der Waals surface area contributed by atoms with Gasteiger partial charge in [0.15, 0.2) is 0 Å². The summed E-state index contributed by atoms with van der Waals surface area (Å²) in [6.45, 7) is 7.15. The summed E-state index contributed by atoms with van der Waals surface area (Å²) in [6.07, 6.45) is 11.6. The van der Waals surface area contributed by atoms with Crippen LogP contribution in [0.15, 0.2) is 12.2 Å². The highest BCUT2D eigenvalue weighted by Crippen LogP contribution is 2.44. The van der Waals surface area contributed by atoms with Gasteiger partial charge in [-0.1, -0.05) is 32.9 Å². The van der Waals surface area contributed by atoms with E-state index in [0.29, 0.717) is 5.41 Å². The molecule has 0 aromatic rings. The number of carbonyl (C=O) groups is 1. The lowest BCUT2D eigenvalue weighted by molar-refractivity contribution is -0.137. The van der Waals surface area contributed by atoms with E-state index < -0.39 is 5.97 Å². The van der Waals surface area contributed by atoms with Crippen LogP contribution in [0, 0.1) is 17.3 Å². The topological polar surface area (TPSA) is 37.3 Å². The van der Waals surface area contributed by atoms with Gasteiger partial charge in [-0.05, 0) is 55.8 Å². The Kier molecular flexibility index (Phi) is 5.90. The van der Waals surface area contributed by atoms with Crippen molar-refractivity contribution in [2.45, 2.75) is 65.7 Å². The third-order valence-corrected chi connectivity index (χ3v) is 4.55. The molecule has 0 saturated heterocycles. The van der Waals surface area contributed by atoms with Crippen molar-refractivity contribution < 1.29 is 9.90 Å². The van der Waals surface area contributed by atoms with Gasteiger partial charge in [-0.15, -0.1) is 0 Å². The molecule has 0 heterocycles. The maximum Gasteiger partial charge on any atom is 0.303 e. The number of hydrogen-bond donors (Lipinski definition) is 1. The second-order valence-electron chi connectivity index (χ2n) is 6.53. The van der Waals surface area contributed by atoms with Crippen LogP contribution >= 0.6 is 0 Å². The molecule has 1 aliphatic carbocycles. The first kappa shape index (κ1) is 15.3. The molecule has 1 rings (SSSR count). The normalized spacial score (nSPS) is 27.5. The molecule has 0 bridgehead atoms. The summed E-state index contributed by atoms with van der Waals surface area (Å²) in [7, 11) is 0. The average Bonchev–Trinajstić information content (AvgIpc) is 2.27. The predicted octanol–water partition coefficient (Wildman–Crippen LogP) is 4.65. The minimum atomic E-state index is -0.689. The van der Waals surface area contributed by atoms with E-state index in [-0.39, 0.29) is 6.42 Å². The van der Waals surface area contributed by atoms with E-state index in [9.17, 15) is 4.79 Å². The van der Waals surface area contributed by atoms with Crippen molar-refractivity contribution in [3.05, 3.63) is 12.2 Å². The Balaban J connectivity index is 2.20. The molecular weight excluding hydrogens is 224 g/mol. The van der Waals surface area contributed by atoms with E-state index in [4.69, 9.17) is 5.11 Å². The van der Waals surface area contributed by atoms with Gasteiger partial charge in [0.05, 0.1) is 0 Å². The van der Waals surface area contributed by atoms with E-state index in [1.54, 1.807) is 0 Å².